The smallest absolute Gasteiger partial charge is 0.0337 e. The normalized spacial score (nSPS) is 19.9. The third kappa shape index (κ3) is 3.95. The molecule has 3 rings (SSSR count). The molecule has 0 spiro atoms. The monoisotopic (exact) mass is 338 g/mol. The van der Waals surface area contributed by atoms with Crippen molar-refractivity contribution in [3.05, 3.63) is 65.7 Å². The van der Waals surface area contributed by atoms with Crippen LogP contribution in [-0.4, -0.2) is 20.1 Å². The molecule has 0 aliphatic carbocycles. The Kier molecular flexibility index (Phi) is 7.21. The Morgan fingerprint density at radius 1 is 1.00 bits per heavy atom. The van der Waals surface area contributed by atoms with Crippen LogP contribution in [0, 0.1) is 0 Å². The number of benzene rings is 2. The second-order valence-electron chi connectivity index (χ2n) is 5.70. The van der Waals surface area contributed by atoms with Crippen LogP contribution < -0.4 is 10.6 Å². The molecule has 1 fully saturated rings. The second-order valence-corrected chi connectivity index (χ2v) is 5.70. The van der Waals surface area contributed by atoms with Gasteiger partial charge in [-0.05, 0) is 42.6 Å². The summed E-state index contributed by atoms with van der Waals surface area (Å²) in [6.07, 6.45) is 2.32. The standard InChI is InChI=1S/C18H22N2.2ClH/c1-19-17-9-7-16(8-10-17)18(11-12-20-14-18)13-15-5-3-2-4-6-15;;/h2-10,19-20H,11-14H2,1H3;2*1H. The highest BCUT2D eigenvalue weighted by molar-refractivity contribution is 5.85. The average Bonchev–Trinajstić information content (AvgIpc) is 2.98. The molecule has 2 nitrogen and oxygen atoms in total. The largest absolute Gasteiger partial charge is 0.388 e. The van der Waals surface area contributed by atoms with Crippen molar-refractivity contribution in [3.8, 4) is 0 Å². The van der Waals surface area contributed by atoms with Crippen LogP contribution in [-0.2, 0) is 11.8 Å². The fourth-order valence-electron chi connectivity index (χ4n) is 3.22. The summed E-state index contributed by atoms with van der Waals surface area (Å²) < 4.78 is 0. The van der Waals surface area contributed by atoms with Crippen LogP contribution in [0.15, 0.2) is 54.6 Å². The van der Waals surface area contributed by atoms with E-state index in [1.807, 2.05) is 7.05 Å². The van der Waals surface area contributed by atoms with Crippen LogP contribution >= 0.6 is 24.8 Å². The first-order chi connectivity index (χ1) is 9.82. The number of halogens is 2. The Bertz CT molecular complexity index is 549. The Morgan fingerprint density at radius 2 is 1.68 bits per heavy atom. The Labute approximate surface area is 145 Å². The van der Waals surface area contributed by atoms with E-state index in [2.05, 4.69) is 65.2 Å². The van der Waals surface area contributed by atoms with Gasteiger partial charge in [-0.2, -0.15) is 0 Å². The zero-order valence-electron chi connectivity index (χ0n) is 12.8. The van der Waals surface area contributed by atoms with Crippen molar-refractivity contribution in [1.82, 2.24) is 5.32 Å². The molecule has 1 saturated heterocycles. The first-order valence-corrected chi connectivity index (χ1v) is 7.35. The molecule has 1 aliphatic rings. The van der Waals surface area contributed by atoms with E-state index in [0.29, 0.717) is 0 Å². The lowest BCUT2D eigenvalue weighted by Gasteiger charge is -2.29. The van der Waals surface area contributed by atoms with Crippen molar-refractivity contribution in [2.75, 3.05) is 25.5 Å². The van der Waals surface area contributed by atoms with Crippen LogP contribution in [0.1, 0.15) is 17.5 Å². The summed E-state index contributed by atoms with van der Waals surface area (Å²) in [4.78, 5) is 0. The van der Waals surface area contributed by atoms with Crippen molar-refractivity contribution < 1.29 is 0 Å². The Morgan fingerprint density at radius 3 is 2.23 bits per heavy atom. The molecule has 2 aromatic rings. The molecule has 0 aromatic heterocycles. The third-order valence-corrected chi connectivity index (χ3v) is 4.42. The summed E-state index contributed by atoms with van der Waals surface area (Å²) in [5.41, 5.74) is 4.29. The zero-order valence-corrected chi connectivity index (χ0v) is 14.5. The molecule has 120 valence electrons. The third-order valence-electron chi connectivity index (χ3n) is 4.42. The quantitative estimate of drug-likeness (QED) is 0.878. The van der Waals surface area contributed by atoms with Gasteiger partial charge in [0, 0.05) is 24.7 Å². The highest BCUT2D eigenvalue weighted by atomic mass is 35.5. The first-order valence-electron chi connectivity index (χ1n) is 7.35. The lowest BCUT2D eigenvalue weighted by atomic mass is 9.75. The summed E-state index contributed by atoms with van der Waals surface area (Å²) in [5.74, 6) is 0. The van der Waals surface area contributed by atoms with Gasteiger partial charge in [-0.1, -0.05) is 42.5 Å². The van der Waals surface area contributed by atoms with Gasteiger partial charge in [0.1, 0.15) is 0 Å². The summed E-state index contributed by atoms with van der Waals surface area (Å²) in [5, 5.41) is 6.74. The summed E-state index contributed by atoms with van der Waals surface area (Å²) in [6.45, 7) is 2.18. The average molecular weight is 339 g/mol. The van der Waals surface area contributed by atoms with E-state index in [4.69, 9.17) is 0 Å². The van der Waals surface area contributed by atoms with Gasteiger partial charge in [0.05, 0.1) is 0 Å². The van der Waals surface area contributed by atoms with Crippen LogP contribution in [0.4, 0.5) is 5.69 Å². The fourth-order valence-corrected chi connectivity index (χ4v) is 3.22. The molecule has 1 atom stereocenters. The number of rotatable bonds is 4. The maximum atomic E-state index is 3.54. The van der Waals surface area contributed by atoms with Gasteiger partial charge in [-0.25, -0.2) is 0 Å². The predicted octanol–water partition coefficient (Wildman–Crippen LogP) is 4.05. The molecule has 4 heteroatoms. The van der Waals surface area contributed by atoms with E-state index in [1.165, 1.54) is 23.2 Å². The first kappa shape index (κ1) is 18.8. The SMILES string of the molecule is CNc1ccc(C2(Cc3ccccc3)CCNC2)cc1.Cl.Cl. The molecule has 1 unspecified atom stereocenters. The fraction of sp³-hybridized carbons (Fsp3) is 0.333. The minimum Gasteiger partial charge on any atom is -0.388 e. The second kappa shape index (κ2) is 8.42. The van der Waals surface area contributed by atoms with Crippen LogP contribution in [0.2, 0.25) is 0 Å². The van der Waals surface area contributed by atoms with E-state index >= 15 is 0 Å². The minimum atomic E-state index is 0. The summed E-state index contributed by atoms with van der Waals surface area (Å²) in [7, 11) is 1.96. The highest BCUT2D eigenvalue weighted by Gasteiger charge is 2.35. The molecule has 2 aromatic carbocycles. The Hall–Kier alpha value is -1.22. The molecule has 1 aliphatic heterocycles. The molecule has 0 bridgehead atoms. The predicted molar refractivity (Wildman–Crippen MR) is 99.8 cm³/mol. The van der Waals surface area contributed by atoms with Crippen molar-refractivity contribution in [2.45, 2.75) is 18.3 Å². The van der Waals surface area contributed by atoms with Gasteiger partial charge in [0.25, 0.3) is 0 Å². The number of hydrogen-bond donors (Lipinski definition) is 2. The van der Waals surface area contributed by atoms with Gasteiger partial charge in [-0.15, -0.1) is 24.8 Å². The van der Waals surface area contributed by atoms with Crippen molar-refractivity contribution >= 4 is 30.5 Å². The minimum absolute atomic E-state index is 0. The number of hydrogen-bond acceptors (Lipinski definition) is 2. The molecule has 0 saturated carbocycles. The summed E-state index contributed by atoms with van der Waals surface area (Å²) in [6, 6.07) is 19.8. The maximum absolute atomic E-state index is 3.54. The number of nitrogens with one attached hydrogen (secondary N) is 2. The van der Waals surface area contributed by atoms with Gasteiger partial charge in [0.15, 0.2) is 0 Å². The van der Waals surface area contributed by atoms with E-state index in [9.17, 15) is 0 Å². The molecular weight excluding hydrogens is 315 g/mol. The van der Waals surface area contributed by atoms with E-state index < -0.39 is 0 Å². The van der Waals surface area contributed by atoms with E-state index in [-0.39, 0.29) is 30.2 Å². The van der Waals surface area contributed by atoms with Crippen LogP contribution in [0.5, 0.6) is 0 Å². The van der Waals surface area contributed by atoms with Gasteiger partial charge < -0.3 is 10.6 Å². The lowest BCUT2D eigenvalue weighted by molar-refractivity contribution is 0.468. The molecule has 2 N–H and O–H groups in total. The molecular formula is C18H24Cl2N2. The zero-order chi connectivity index (χ0) is 13.8. The van der Waals surface area contributed by atoms with E-state index in [1.54, 1.807) is 0 Å². The molecule has 22 heavy (non-hydrogen) atoms. The van der Waals surface area contributed by atoms with Gasteiger partial charge in [0.2, 0.25) is 0 Å². The molecule has 0 amide bonds. The van der Waals surface area contributed by atoms with Crippen molar-refractivity contribution in [3.63, 3.8) is 0 Å². The van der Waals surface area contributed by atoms with Crippen LogP contribution in [0.25, 0.3) is 0 Å². The summed E-state index contributed by atoms with van der Waals surface area (Å²) >= 11 is 0. The highest BCUT2D eigenvalue weighted by Crippen LogP contribution is 2.35. The van der Waals surface area contributed by atoms with E-state index in [0.717, 1.165) is 19.5 Å². The topological polar surface area (TPSA) is 24.1 Å². The Balaban J connectivity index is 0.00000121. The van der Waals surface area contributed by atoms with Crippen molar-refractivity contribution in [2.24, 2.45) is 0 Å². The van der Waals surface area contributed by atoms with Gasteiger partial charge >= 0.3 is 0 Å². The van der Waals surface area contributed by atoms with Crippen molar-refractivity contribution in [1.29, 1.82) is 0 Å². The van der Waals surface area contributed by atoms with Crippen LogP contribution in [0.3, 0.4) is 0 Å². The number of anilines is 1. The maximum Gasteiger partial charge on any atom is 0.0337 e. The molecule has 0 radical (unpaired) electrons. The lowest BCUT2D eigenvalue weighted by Crippen LogP contribution is -2.31. The van der Waals surface area contributed by atoms with Gasteiger partial charge in [-0.3, -0.25) is 0 Å². The molecule has 1 heterocycles.